The Kier molecular flexibility index (Phi) is 3.48. The van der Waals surface area contributed by atoms with Gasteiger partial charge in [-0.1, -0.05) is 54.6 Å². The van der Waals surface area contributed by atoms with E-state index in [4.69, 9.17) is 11.6 Å². The monoisotopic (exact) mass is 317 g/mol. The van der Waals surface area contributed by atoms with Crippen LogP contribution in [0.2, 0.25) is 5.28 Å². The van der Waals surface area contributed by atoms with Crippen LogP contribution in [-0.4, -0.2) is 15.0 Å². The lowest BCUT2D eigenvalue weighted by atomic mass is 10.1. The number of hydrogen-bond acceptors (Lipinski definition) is 3. The summed E-state index contributed by atoms with van der Waals surface area (Å²) in [7, 11) is 0. The molecular weight excluding hydrogens is 306 g/mol. The van der Waals surface area contributed by atoms with Crippen LogP contribution in [0.25, 0.3) is 33.4 Å². The number of rotatable bonds is 2. The van der Waals surface area contributed by atoms with E-state index < -0.39 is 0 Å². The molecule has 0 saturated carbocycles. The van der Waals surface area contributed by atoms with Crippen molar-refractivity contribution in [3.63, 3.8) is 0 Å². The summed E-state index contributed by atoms with van der Waals surface area (Å²) < 4.78 is 0. The molecule has 0 fully saturated rings. The Labute approximate surface area is 138 Å². The number of pyridine rings is 1. The van der Waals surface area contributed by atoms with Crippen LogP contribution in [0.5, 0.6) is 0 Å². The quantitative estimate of drug-likeness (QED) is 0.488. The highest BCUT2D eigenvalue weighted by atomic mass is 35.5. The molecule has 0 unspecified atom stereocenters. The van der Waals surface area contributed by atoms with Crippen molar-refractivity contribution in [2.75, 3.05) is 0 Å². The first-order chi connectivity index (χ1) is 11.3. The lowest BCUT2D eigenvalue weighted by Gasteiger charge is -2.06. The lowest BCUT2D eigenvalue weighted by molar-refractivity contribution is 1.16. The van der Waals surface area contributed by atoms with Crippen LogP contribution in [0.15, 0.2) is 72.9 Å². The zero-order valence-corrected chi connectivity index (χ0v) is 12.9. The van der Waals surface area contributed by atoms with Gasteiger partial charge in [0.1, 0.15) is 0 Å². The van der Waals surface area contributed by atoms with Gasteiger partial charge in [-0.15, -0.1) is 0 Å². The Morgan fingerprint density at radius 1 is 0.652 bits per heavy atom. The van der Waals surface area contributed by atoms with Crippen LogP contribution in [0.1, 0.15) is 0 Å². The molecule has 2 aromatic heterocycles. The number of aromatic nitrogens is 3. The second kappa shape index (κ2) is 5.78. The fourth-order valence-corrected chi connectivity index (χ4v) is 2.71. The highest BCUT2D eigenvalue weighted by Gasteiger charge is 2.09. The molecule has 23 heavy (non-hydrogen) atoms. The van der Waals surface area contributed by atoms with E-state index in [2.05, 4.69) is 21.0 Å². The summed E-state index contributed by atoms with van der Waals surface area (Å²) in [4.78, 5) is 13.2. The van der Waals surface area contributed by atoms with Crippen molar-refractivity contribution >= 4 is 22.4 Å². The predicted octanol–water partition coefficient (Wildman–Crippen LogP) is 5.01. The summed E-state index contributed by atoms with van der Waals surface area (Å²) in [5, 5.41) is 2.43. The van der Waals surface area contributed by atoms with E-state index >= 15 is 0 Å². The molecule has 4 rings (SSSR count). The average molecular weight is 318 g/mol. The Bertz CT molecular complexity index is 984. The first kappa shape index (κ1) is 13.9. The zero-order valence-electron chi connectivity index (χ0n) is 12.1. The van der Waals surface area contributed by atoms with Crippen molar-refractivity contribution in [2.24, 2.45) is 0 Å². The van der Waals surface area contributed by atoms with Crippen molar-refractivity contribution in [1.82, 2.24) is 15.0 Å². The number of benzene rings is 2. The van der Waals surface area contributed by atoms with Gasteiger partial charge >= 0.3 is 0 Å². The Balaban J connectivity index is 1.86. The molecule has 0 bridgehead atoms. The molecule has 0 aliphatic heterocycles. The van der Waals surface area contributed by atoms with Gasteiger partial charge in [0.15, 0.2) is 0 Å². The van der Waals surface area contributed by atoms with E-state index in [9.17, 15) is 0 Å². The summed E-state index contributed by atoms with van der Waals surface area (Å²) in [6, 6.07) is 21.9. The summed E-state index contributed by atoms with van der Waals surface area (Å²) in [6.45, 7) is 0. The molecule has 0 aliphatic carbocycles. The topological polar surface area (TPSA) is 38.7 Å². The zero-order chi connectivity index (χ0) is 15.6. The molecule has 0 spiro atoms. The molecular formula is C19H12ClN3. The van der Waals surface area contributed by atoms with Crippen LogP contribution in [0.3, 0.4) is 0 Å². The summed E-state index contributed by atoms with van der Waals surface area (Å²) in [5.74, 6) is 0. The Morgan fingerprint density at radius 3 is 2.17 bits per heavy atom. The van der Waals surface area contributed by atoms with E-state index in [0.29, 0.717) is 0 Å². The highest BCUT2D eigenvalue weighted by Crippen LogP contribution is 2.25. The number of fused-ring (bicyclic) bond motifs is 1. The minimum Gasteiger partial charge on any atom is -0.254 e. The van der Waals surface area contributed by atoms with Gasteiger partial charge in [-0.3, -0.25) is 4.98 Å². The Morgan fingerprint density at radius 2 is 1.35 bits per heavy atom. The van der Waals surface area contributed by atoms with E-state index in [1.165, 1.54) is 0 Å². The number of halogens is 1. The van der Waals surface area contributed by atoms with Gasteiger partial charge in [0.2, 0.25) is 5.28 Å². The van der Waals surface area contributed by atoms with Crippen LogP contribution in [0.4, 0.5) is 0 Å². The molecule has 0 N–H and O–H groups in total. The molecule has 110 valence electrons. The third kappa shape index (κ3) is 2.79. The van der Waals surface area contributed by atoms with Gasteiger partial charge < -0.3 is 0 Å². The van der Waals surface area contributed by atoms with Crippen LogP contribution in [0, 0.1) is 0 Å². The minimum absolute atomic E-state index is 0.219. The third-order valence-electron chi connectivity index (χ3n) is 3.66. The first-order valence-corrected chi connectivity index (χ1v) is 7.62. The van der Waals surface area contributed by atoms with E-state index in [-0.39, 0.29) is 5.28 Å². The van der Waals surface area contributed by atoms with Crippen molar-refractivity contribution in [3.05, 3.63) is 78.2 Å². The summed E-state index contributed by atoms with van der Waals surface area (Å²) >= 11 is 6.12. The maximum Gasteiger partial charge on any atom is 0.223 e. The maximum atomic E-state index is 6.12. The van der Waals surface area contributed by atoms with Gasteiger partial charge in [-0.25, -0.2) is 9.97 Å². The smallest absolute Gasteiger partial charge is 0.223 e. The largest absolute Gasteiger partial charge is 0.254 e. The third-order valence-corrected chi connectivity index (χ3v) is 3.83. The molecule has 0 atom stereocenters. The fourth-order valence-electron chi connectivity index (χ4n) is 2.53. The fraction of sp³-hybridized carbons (Fsp3) is 0. The molecule has 2 aromatic carbocycles. The van der Waals surface area contributed by atoms with Gasteiger partial charge in [-0.2, -0.15) is 0 Å². The van der Waals surface area contributed by atoms with Gasteiger partial charge in [0, 0.05) is 17.1 Å². The number of nitrogens with zero attached hydrogens (tertiary/aromatic N) is 3. The maximum absolute atomic E-state index is 6.12. The molecule has 0 radical (unpaired) electrons. The van der Waals surface area contributed by atoms with Gasteiger partial charge in [0.05, 0.1) is 17.1 Å². The van der Waals surface area contributed by atoms with Crippen molar-refractivity contribution in [2.45, 2.75) is 0 Å². The van der Waals surface area contributed by atoms with E-state index in [0.717, 1.165) is 33.4 Å². The molecule has 3 nitrogen and oxygen atoms in total. The van der Waals surface area contributed by atoms with Crippen molar-refractivity contribution < 1.29 is 0 Å². The van der Waals surface area contributed by atoms with Crippen molar-refractivity contribution in [3.8, 4) is 22.6 Å². The lowest BCUT2D eigenvalue weighted by Crippen LogP contribution is -1.93. The molecule has 2 heterocycles. The first-order valence-electron chi connectivity index (χ1n) is 7.25. The summed E-state index contributed by atoms with van der Waals surface area (Å²) in [5.41, 5.74) is 3.29. The van der Waals surface area contributed by atoms with Gasteiger partial charge in [-0.05, 0) is 29.1 Å². The molecule has 0 amide bonds. The molecule has 4 heteroatoms. The predicted molar refractivity (Wildman–Crippen MR) is 93.2 cm³/mol. The second-order valence-corrected chi connectivity index (χ2v) is 5.53. The van der Waals surface area contributed by atoms with E-state index in [1.54, 1.807) is 0 Å². The minimum atomic E-state index is 0.219. The van der Waals surface area contributed by atoms with Crippen LogP contribution < -0.4 is 0 Å². The highest BCUT2D eigenvalue weighted by molar-refractivity contribution is 6.28. The average Bonchev–Trinajstić information content (AvgIpc) is 2.61. The van der Waals surface area contributed by atoms with Crippen LogP contribution >= 0.6 is 11.6 Å². The second-order valence-electron chi connectivity index (χ2n) is 5.19. The SMILES string of the molecule is Clc1nc(-c2ccccc2)cc(-c2cc3ccccc3cn2)n1. The van der Waals surface area contributed by atoms with Gasteiger partial charge in [0.25, 0.3) is 0 Å². The molecule has 4 aromatic rings. The molecule has 0 saturated heterocycles. The summed E-state index contributed by atoms with van der Waals surface area (Å²) in [6.07, 6.45) is 1.85. The number of hydrogen-bond donors (Lipinski definition) is 0. The molecule has 0 aliphatic rings. The van der Waals surface area contributed by atoms with E-state index in [1.807, 2.05) is 66.9 Å². The van der Waals surface area contributed by atoms with Crippen LogP contribution in [-0.2, 0) is 0 Å². The Hall–Kier alpha value is -2.78. The van der Waals surface area contributed by atoms with Crippen molar-refractivity contribution in [1.29, 1.82) is 0 Å². The standard InChI is InChI=1S/C19H12ClN3/c20-19-22-16(13-6-2-1-3-7-13)11-18(23-19)17-10-14-8-4-5-9-15(14)12-21-17/h1-12H. The normalized spacial score (nSPS) is 10.8.